The summed E-state index contributed by atoms with van der Waals surface area (Å²) in [5, 5.41) is 3.19. The van der Waals surface area contributed by atoms with Crippen LogP contribution >= 0.6 is 27.3 Å². The molecule has 0 aliphatic rings. The number of anilines is 2. The zero-order valence-electron chi connectivity index (χ0n) is 9.88. The second-order valence-electron chi connectivity index (χ2n) is 3.86. The maximum Gasteiger partial charge on any atom is 0.227 e. The summed E-state index contributed by atoms with van der Waals surface area (Å²) in [7, 11) is 0. The molecule has 0 aliphatic heterocycles. The lowest BCUT2D eigenvalue weighted by atomic mass is 10.3. The van der Waals surface area contributed by atoms with Gasteiger partial charge in [0.25, 0.3) is 0 Å². The summed E-state index contributed by atoms with van der Waals surface area (Å²) in [6.07, 6.45) is 1.77. The number of hydrogen-bond donors (Lipinski definition) is 1. The Morgan fingerprint density at radius 3 is 2.58 bits per heavy atom. The van der Waals surface area contributed by atoms with Crippen molar-refractivity contribution in [1.29, 1.82) is 0 Å². The molecule has 0 saturated heterocycles. The standard InChI is InChI=1S/C14H10BrN3S/c15-13-7-6-12(19-13)11-8-9-16-14(18-11)17-10-4-2-1-3-5-10/h1-9H,(H,16,17,18). The van der Waals surface area contributed by atoms with Gasteiger partial charge < -0.3 is 5.32 Å². The van der Waals surface area contributed by atoms with E-state index in [1.165, 1.54) is 0 Å². The molecule has 5 heteroatoms. The fourth-order valence-corrected chi connectivity index (χ4v) is 3.01. The third kappa shape index (κ3) is 3.00. The van der Waals surface area contributed by atoms with Crippen LogP contribution in [0.2, 0.25) is 0 Å². The summed E-state index contributed by atoms with van der Waals surface area (Å²) in [5.74, 6) is 0.605. The highest BCUT2D eigenvalue weighted by Gasteiger charge is 2.05. The van der Waals surface area contributed by atoms with E-state index in [4.69, 9.17) is 0 Å². The first-order chi connectivity index (χ1) is 9.31. The summed E-state index contributed by atoms with van der Waals surface area (Å²) in [4.78, 5) is 9.87. The van der Waals surface area contributed by atoms with Crippen LogP contribution in [-0.4, -0.2) is 9.97 Å². The van der Waals surface area contributed by atoms with Crippen LogP contribution in [-0.2, 0) is 0 Å². The van der Waals surface area contributed by atoms with Crippen molar-refractivity contribution in [2.45, 2.75) is 0 Å². The summed E-state index contributed by atoms with van der Waals surface area (Å²) < 4.78 is 1.10. The van der Waals surface area contributed by atoms with Crippen molar-refractivity contribution in [3.63, 3.8) is 0 Å². The van der Waals surface area contributed by atoms with Crippen molar-refractivity contribution in [1.82, 2.24) is 9.97 Å². The third-order valence-corrected chi connectivity index (χ3v) is 4.16. The zero-order chi connectivity index (χ0) is 13.1. The van der Waals surface area contributed by atoms with Gasteiger partial charge >= 0.3 is 0 Å². The van der Waals surface area contributed by atoms with Crippen LogP contribution in [0.25, 0.3) is 10.6 Å². The molecule has 94 valence electrons. The van der Waals surface area contributed by atoms with Crippen molar-refractivity contribution in [2.75, 3.05) is 5.32 Å². The van der Waals surface area contributed by atoms with Gasteiger partial charge in [0.2, 0.25) is 5.95 Å². The zero-order valence-corrected chi connectivity index (χ0v) is 12.3. The maximum absolute atomic E-state index is 4.52. The fraction of sp³-hybridized carbons (Fsp3) is 0. The van der Waals surface area contributed by atoms with Crippen LogP contribution in [0.15, 0.2) is 58.5 Å². The highest BCUT2D eigenvalue weighted by Crippen LogP contribution is 2.30. The number of aromatic nitrogens is 2. The van der Waals surface area contributed by atoms with E-state index in [-0.39, 0.29) is 0 Å². The highest BCUT2D eigenvalue weighted by atomic mass is 79.9. The molecule has 0 bridgehead atoms. The predicted octanol–water partition coefficient (Wildman–Crippen LogP) is 4.71. The Hall–Kier alpha value is -1.72. The molecule has 0 spiro atoms. The van der Waals surface area contributed by atoms with Crippen molar-refractivity contribution in [2.24, 2.45) is 0 Å². The SMILES string of the molecule is Brc1ccc(-c2ccnc(Nc3ccccc3)n2)s1. The Balaban J connectivity index is 1.88. The molecule has 1 aromatic carbocycles. The molecule has 3 nitrogen and oxygen atoms in total. The molecule has 0 atom stereocenters. The fourth-order valence-electron chi connectivity index (χ4n) is 1.66. The van der Waals surface area contributed by atoms with E-state index < -0.39 is 0 Å². The predicted molar refractivity (Wildman–Crippen MR) is 82.8 cm³/mol. The van der Waals surface area contributed by atoms with E-state index in [1.807, 2.05) is 48.5 Å². The van der Waals surface area contributed by atoms with Crippen LogP contribution < -0.4 is 5.32 Å². The largest absolute Gasteiger partial charge is 0.324 e. The van der Waals surface area contributed by atoms with Gasteiger partial charge in [0.1, 0.15) is 0 Å². The first kappa shape index (κ1) is 12.3. The quantitative estimate of drug-likeness (QED) is 0.755. The number of rotatable bonds is 3. The molecular formula is C14H10BrN3S. The molecule has 3 aromatic rings. The summed E-state index contributed by atoms with van der Waals surface area (Å²) >= 11 is 5.12. The number of nitrogens with zero attached hydrogens (tertiary/aromatic N) is 2. The molecule has 0 saturated carbocycles. The number of benzene rings is 1. The monoisotopic (exact) mass is 331 g/mol. The van der Waals surface area contributed by atoms with E-state index in [0.717, 1.165) is 20.0 Å². The molecule has 0 fully saturated rings. The topological polar surface area (TPSA) is 37.8 Å². The number of para-hydroxylation sites is 1. The van der Waals surface area contributed by atoms with Crippen LogP contribution in [0.4, 0.5) is 11.6 Å². The van der Waals surface area contributed by atoms with Gasteiger partial charge in [-0.05, 0) is 46.3 Å². The molecule has 0 amide bonds. The highest BCUT2D eigenvalue weighted by molar-refractivity contribution is 9.11. The van der Waals surface area contributed by atoms with Crippen molar-refractivity contribution >= 4 is 38.9 Å². The van der Waals surface area contributed by atoms with Crippen molar-refractivity contribution in [3.05, 3.63) is 58.5 Å². The van der Waals surface area contributed by atoms with Gasteiger partial charge in [0.05, 0.1) is 14.4 Å². The lowest BCUT2D eigenvalue weighted by Gasteiger charge is -2.05. The number of nitrogens with one attached hydrogen (secondary N) is 1. The van der Waals surface area contributed by atoms with Gasteiger partial charge in [0, 0.05) is 11.9 Å². The second-order valence-corrected chi connectivity index (χ2v) is 6.32. The molecule has 0 radical (unpaired) electrons. The number of halogens is 1. The van der Waals surface area contributed by atoms with E-state index in [0.29, 0.717) is 5.95 Å². The van der Waals surface area contributed by atoms with E-state index in [1.54, 1.807) is 17.5 Å². The van der Waals surface area contributed by atoms with Crippen LogP contribution in [0.5, 0.6) is 0 Å². The Labute approximate surface area is 123 Å². The van der Waals surface area contributed by atoms with Gasteiger partial charge in [-0.1, -0.05) is 18.2 Å². The van der Waals surface area contributed by atoms with Crippen molar-refractivity contribution < 1.29 is 0 Å². The number of hydrogen-bond acceptors (Lipinski definition) is 4. The van der Waals surface area contributed by atoms with Crippen molar-refractivity contribution in [3.8, 4) is 10.6 Å². The first-order valence-corrected chi connectivity index (χ1v) is 7.33. The molecule has 0 unspecified atom stereocenters. The minimum absolute atomic E-state index is 0.605. The van der Waals surface area contributed by atoms with Gasteiger partial charge in [0.15, 0.2) is 0 Å². The third-order valence-electron chi connectivity index (χ3n) is 2.51. The molecular weight excluding hydrogens is 322 g/mol. The first-order valence-electron chi connectivity index (χ1n) is 5.72. The van der Waals surface area contributed by atoms with Gasteiger partial charge in [-0.2, -0.15) is 0 Å². The van der Waals surface area contributed by atoms with E-state index in [9.17, 15) is 0 Å². The normalized spacial score (nSPS) is 10.4. The average molecular weight is 332 g/mol. The summed E-state index contributed by atoms with van der Waals surface area (Å²) in [6.45, 7) is 0. The van der Waals surface area contributed by atoms with Crippen LogP contribution in [0, 0.1) is 0 Å². The van der Waals surface area contributed by atoms with E-state index in [2.05, 4.69) is 31.2 Å². The van der Waals surface area contributed by atoms with Gasteiger partial charge in [-0.3, -0.25) is 0 Å². The Morgan fingerprint density at radius 2 is 1.84 bits per heavy atom. The lowest BCUT2D eigenvalue weighted by Crippen LogP contribution is -1.96. The minimum Gasteiger partial charge on any atom is -0.324 e. The van der Waals surface area contributed by atoms with E-state index >= 15 is 0 Å². The number of thiophene rings is 1. The van der Waals surface area contributed by atoms with Gasteiger partial charge in [-0.25, -0.2) is 9.97 Å². The maximum atomic E-state index is 4.52. The van der Waals surface area contributed by atoms with Crippen LogP contribution in [0.3, 0.4) is 0 Å². The Morgan fingerprint density at radius 1 is 1.00 bits per heavy atom. The summed E-state index contributed by atoms with van der Waals surface area (Å²) in [5.41, 5.74) is 1.90. The molecule has 3 rings (SSSR count). The molecule has 1 N–H and O–H groups in total. The Kier molecular flexibility index (Phi) is 3.57. The second kappa shape index (κ2) is 5.50. The molecule has 2 aromatic heterocycles. The smallest absolute Gasteiger partial charge is 0.227 e. The Bertz CT molecular complexity index is 682. The molecule has 0 aliphatic carbocycles. The van der Waals surface area contributed by atoms with Crippen LogP contribution in [0.1, 0.15) is 0 Å². The average Bonchev–Trinajstić information content (AvgIpc) is 2.87. The summed E-state index contributed by atoms with van der Waals surface area (Å²) in [6, 6.07) is 15.9. The van der Waals surface area contributed by atoms with Gasteiger partial charge in [-0.15, -0.1) is 11.3 Å². The minimum atomic E-state index is 0.605. The molecule has 2 heterocycles. The lowest BCUT2D eigenvalue weighted by molar-refractivity contribution is 1.17. The molecule has 19 heavy (non-hydrogen) atoms.